The second-order valence-corrected chi connectivity index (χ2v) is 8.51. The molecule has 13 heteroatoms. The van der Waals surface area contributed by atoms with Gasteiger partial charge in [0.25, 0.3) is 12.0 Å². The molecular formula is C18H21F5N2O5S. The molecule has 2 aromatic rings. The zero-order chi connectivity index (χ0) is 23.7. The molecule has 0 saturated carbocycles. The second kappa shape index (κ2) is 9.07. The van der Waals surface area contributed by atoms with Crippen LogP contribution in [0, 0.1) is 0 Å². The van der Waals surface area contributed by atoms with Gasteiger partial charge in [-0.3, -0.25) is 18.7 Å². The number of hydrogen-bond donors (Lipinski definition) is 0. The maximum absolute atomic E-state index is 13.9. The third kappa shape index (κ3) is 5.70. The largest absolute Gasteiger partial charge is 0.522 e. The lowest BCUT2D eigenvalue weighted by molar-refractivity contribution is -0.325. The van der Waals surface area contributed by atoms with Crippen molar-refractivity contribution < 1.29 is 36.2 Å². The normalized spacial score (nSPS) is 12.7. The predicted molar refractivity (Wildman–Crippen MR) is 103 cm³/mol. The van der Waals surface area contributed by atoms with Gasteiger partial charge in [-0.1, -0.05) is 6.92 Å². The van der Waals surface area contributed by atoms with Gasteiger partial charge in [0.1, 0.15) is 15.3 Å². The van der Waals surface area contributed by atoms with Crippen molar-refractivity contribution in [2.24, 2.45) is 0 Å². The summed E-state index contributed by atoms with van der Waals surface area (Å²) in [4.78, 5) is 37.1. The Balaban J connectivity index is 2.80. The number of carbonyl (C=O) groups is 1. The van der Waals surface area contributed by atoms with Crippen LogP contribution in [0.5, 0.6) is 0 Å². The molecule has 0 aliphatic heterocycles. The van der Waals surface area contributed by atoms with Gasteiger partial charge in [-0.15, -0.1) is 24.5 Å². The lowest BCUT2D eigenvalue weighted by atomic mass is 10.1. The molecule has 0 amide bonds. The fourth-order valence-corrected chi connectivity index (χ4v) is 4.04. The smallest absolute Gasteiger partial charge is 0.456 e. The SMILES string of the molecule is CCCn1c(=O)c2c(C(F)F)c(C(=O)OC(C)(C)C)sc2n(CCOC(F)(F)F)c1=O. The van der Waals surface area contributed by atoms with E-state index in [1.165, 1.54) is 20.8 Å². The highest BCUT2D eigenvalue weighted by atomic mass is 32.1. The summed E-state index contributed by atoms with van der Waals surface area (Å²) in [5.74, 6) is -1.13. The molecule has 0 aliphatic rings. The van der Waals surface area contributed by atoms with E-state index in [1.807, 2.05) is 0 Å². The lowest BCUT2D eigenvalue weighted by Crippen LogP contribution is -2.40. The Morgan fingerprint density at radius 2 is 1.71 bits per heavy atom. The fraction of sp³-hybridized carbons (Fsp3) is 0.611. The molecule has 2 heterocycles. The summed E-state index contributed by atoms with van der Waals surface area (Å²) in [7, 11) is 0. The van der Waals surface area contributed by atoms with Crippen molar-refractivity contribution in [1.82, 2.24) is 9.13 Å². The number of nitrogens with zero attached hydrogens (tertiary/aromatic N) is 2. The predicted octanol–water partition coefficient (Wildman–Crippen LogP) is 4.06. The number of thiophene rings is 1. The number of ether oxygens (including phenoxy) is 2. The van der Waals surface area contributed by atoms with E-state index in [2.05, 4.69) is 4.74 Å². The lowest BCUT2D eigenvalue weighted by Gasteiger charge is -2.19. The van der Waals surface area contributed by atoms with Gasteiger partial charge in [-0.2, -0.15) is 0 Å². The Bertz CT molecular complexity index is 1080. The number of esters is 1. The molecular weight excluding hydrogens is 451 g/mol. The van der Waals surface area contributed by atoms with Crippen molar-refractivity contribution in [2.45, 2.75) is 65.6 Å². The first-order valence-corrected chi connectivity index (χ1v) is 10.0. The van der Waals surface area contributed by atoms with E-state index in [1.54, 1.807) is 6.92 Å². The quantitative estimate of drug-likeness (QED) is 0.449. The van der Waals surface area contributed by atoms with Crippen molar-refractivity contribution in [1.29, 1.82) is 0 Å². The standard InChI is InChI=1S/C18H21F5N2O5S/c1-5-6-24-13(26)10-9(12(19)20)11(15(27)30-17(2,3)4)31-14(10)25(16(24)28)7-8-29-18(21,22)23/h12H,5-8H2,1-4H3. The Morgan fingerprint density at radius 3 is 2.19 bits per heavy atom. The van der Waals surface area contributed by atoms with Gasteiger partial charge in [0.2, 0.25) is 0 Å². The van der Waals surface area contributed by atoms with Crippen LogP contribution in [-0.4, -0.2) is 33.7 Å². The first kappa shape index (κ1) is 25.0. The number of halogens is 5. The summed E-state index contributed by atoms with van der Waals surface area (Å²) in [6.07, 6.45) is -7.95. The molecule has 0 atom stereocenters. The van der Waals surface area contributed by atoms with Gasteiger partial charge in [0, 0.05) is 6.54 Å². The van der Waals surface area contributed by atoms with Crippen LogP contribution >= 0.6 is 11.3 Å². The van der Waals surface area contributed by atoms with Gasteiger partial charge in [-0.25, -0.2) is 18.4 Å². The number of fused-ring (bicyclic) bond motifs is 1. The molecule has 0 aromatic carbocycles. The van der Waals surface area contributed by atoms with E-state index < -0.39 is 64.6 Å². The highest BCUT2D eigenvalue weighted by Crippen LogP contribution is 2.36. The van der Waals surface area contributed by atoms with Gasteiger partial charge in [0.05, 0.1) is 24.1 Å². The Hall–Kier alpha value is -2.28. The van der Waals surface area contributed by atoms with Crippen molar-refractivity contribution >= 4 is 27.5 Å². The first-order valence-electron chi connectivity index (χ1n) is 9.20. The molecule has 0 N–H and O–H groups in total. The summed E-state index contributed by atoms with van der Waals surface area (Å²) >= 11 is 0.399. The van der Waals surface area contributed by atoms with Crippen LogP contribution in [0.1, 0.15) is 55.8 Å². The minimum absolute atomic E-state index is 0.145. The fourth-order valence-electron chi connectivity index (χ4n) is 2.84. The number of aromatic nitrogens is 2. The van der Waals surface area contributed by atoms with Crippen LogP contribution in [0.3, 0.4) is 0 Å². The molecule has 31 heavy (non-hydrogen) atoms. The highest BCUT2D eigenvalue weighted by molar-refractivity contribution is 7.20. The monoisotopic (exact) mass is 472 g/mol. The number of hydrogen-bond acceptors (Lipinski definition) is 6. The molecule has 0 spiro atoms. The maximum atomic E-state index is 13.9. The molecule has 7 nitrogen and oxygen atoms in total. The number of carbonyl (C=O) groups excluding carboxylic acids is 1. The molecule has 0 radical (unpaired) electrons. The van der Waals surface area contributed by atoms with E-state index in [9.17, 15) is 36.3 Å². The van der Waals surface area contributed by atoms with E-state index in [0.717, 1.165) is 4.57 Å². The van der Waals surface area contributed by atoms with E-state index in [-0.39, 0.29) is 17.8 Å². The van der Waals surface area contributed by atoms with E-state index >= 15 is 0 Å². The summed E-state index contributed by atoms with van der Waals surface area (Å²) in [6, 6.07) is 0. The molecule has 0 bridgehead atoms. The average Bonchev–Trinajstić information content (AvgIpc) is 3.00. The van der Waals surface area contributed by atoms with Gasteiger partial charge in [0.15, 0.2) is 0 Å². The van der Waals surface area contributed by atoms with E-state index in [0.29, 0.717) is 15.9 Å². The Kier molecular flexibility index (Phi) is 7.31. The first-order chi connectivity index (χ1) is 14.2. The van der Waals surface area contributed by atoms with Crippen LogP contribution in [-0.2, 0) is 22.6 Å². The summed E-state index contributed by atoms with van der Waals surface area (Å²) in [5.41, 5.74) is -3.97. The molecule has 0 aliphatic carbocycles. The van der Waals surface area contributed by atoms with Crippen LogP contribution in [0.2, 0.25) is 0 Å². The van der Waals surface area contributed by atoms with Crippen molar-refractivity contribution in [3.05, 3.63) is 31.3 Å². The van der Waals surface area contributed by atoms with Gasteiger partial charge in [-0.05, 0) is 27.2 Å². The third-order valence-corrected chi connectivity index (χ3v) is 5.13. The molecule has 174 valence electrons. The highest BCUT2D eigenvalue weighted by Gasteiger charge is 2.33. The topological polar surface area (TPSA) is 79.5 Å². The van der Waals surface area contributed by atoms with Gasteiger partial charge < -0.3 is 4.74 Å². The minimum atomic E-state index is -4.97. The molecule has 0 saturated heterocycles. The van der Waals surface area contributed by atoms with E-state index in [4.69, 9.17) is 4.74 Å². The van der Waals surface area contributed by atoms with Crippen molar-refractivity contribution in [3.63, 3.8) is 0 Å². The minimum Gasteiger partial charge on any atom is -0.456 e. The Morgan fingerprint density at radius 1 is 1.10 bits per heavy atom. The zero-order valence-corrected chi connectivity index (χ0v) is 18.0. The van der Waals surface area contributed by atoms with Gasteiger partial charge >= 0.3 is 18.0 Å². The number of alkyl halides is 5. The molecule has 2 aromatic heterocycles. The summed E-state index contributed by atoms with van der Waals surface area (Å²) in [6.45, 7) is 4.36. The molecule has 0 unspecified atom stereocenters. The van der Waals surface area contributed by atoms with Crippen molar-refractivity contribution in [3.8, 4) is 0 Å². The molecule has 0 fully saturated rings. The van der Waals surface area contributed by atoms with Crippen molar-refractivity contribution in [2.75, 3.05) is 6.61 Å². The average molecular weight is 472 g/mol. The van der Waals surface area contributed by atoms with Crippen LogP contribution in [0.25, 0.3) is 10.2 Å². The summed E-state index contributed by atoms with van der Waals surface area (Å²) < 4.78 is 75.1. The molecule has 2 rings (SSSR count). The zero-order valence-electron chi connectivity index (χ0n) is 17.1. The van der Waals surface area contributed by atoms with Crippen LogP contribution in [0.4, 0.5) is 22.0 Å². The van der Waals surface area contributed by atoms with Crippen LogP contribution < -0.4 is 11.2 Å². The maximum Gasteiger partial charge on any atom is 0.522 e. The van der Waals surface area contributed by atoms with Crippen LogP contribution in [0.15, 0.2) is 9.59 Å². The second-order valence-electron chi connectivity index (χ2n) is 7.51. The summed E-state index contributed by atoms with van der Waals surface area (Å²) in [5, 5.41) is -0.596. The third-order valence-electron chi connectivity index (χ3n) is 3.92. The Labute approximate surface area is 177 Å². The number of rotatable bonds is 7.